The number of hydrogen-bond acceptors (Lipinski definition) is 4. The molecule has 0 spiro atoms. The van der Waals surface area contributed by atoms with Gasteiger partial charge in [-0.1, -0.05) is 18.2 Å². The molecule has 1 aromatic carbocycles. The number of para-hydroxylation sites is 1. The molecular formula is C21H24FN5O. The number of hydrogen-bond donors (Lipinski definition) is 1. The van der Waals surface area contributed by atoms with Gasteiger partial charge in [-0.15, -0.1) is 0 Å². The summed E-state index contributed by atoms with van der Waals surface area (Å²) in [6.07, 6.45) is 1.85. The highest BCUT2D eigenvalue weighted by Gasteiger charge is 2.20. The van der Waals surface area contributed by atoms with Crippen molar-refractivity contribution in [3.8, 4) is 0 Å². The lowest BCUT2D eigenvalue weighted by Crippen LogP contribution is -2.48. The van der Waals surface area contributed by atoms with Gasteiger partial charge in [0.15, 0.2) is 0 Å². The van der Waals surface area contributed by atoms with Crippen LogP contribution >= 0.6 is 0 Å². The maximum absolute atomic E-state index is 13.9. The molecule has 1 saturated heterocycles. The van der Waals surface area contributed by atoms with Crippen LogP contribution in [0.5, 0.6) is 0 Å². The van der Waals surface area contributed by atoms with Crippen LogP contribution < -0.4 is 10.2 Å². The number of rotatable bonds is 5. The molecule has 0 saturated carbocycles. The molecule has 4 rings (SSSR count). The van der Waals surface area contributed by atoms with Crippen molar-refractivity contribution in [2.45, 2.75) is 6.92 Å². The summed E-state index contributed by atoms with van der Waals surface area (Å²) in [6.45, 7) is 6.44. The highest BCUT2D eigenvalue weighted by Crippen LogP contribution is 2.20. The van der Waals surface area contributed by atoms with Crippen LogP contribution in [0.3, 0.4) is 0 Å². The molecular weight excluding hydrogens is 357 g/mol. The van der Waals surface area contributed by atoms with E-state index in [0.29, 0.717) is 17.9 Å². The third kappa shape index (κ3) is 3.71. The number of aryl methyl sites for hydroxylation is 1. The molecule has 0 unspecified atom stereocenters. The van der Waals surface area contributed by atoms with Crippen LogP contribution in [0.2, 0.25) is 0 Å². The summed E-state index contributed by atoms with van der Waals surface area (Å²) in [5.74, 6) is -0.284. The molecule has 1 amide bonds. The van der Waals surface area contributed by atoms with Crippen LogP contribution in [0.25, 0.3) is 5.65 Å². The molecule has 6 nitrogen and oxygen atoms in total. The van der Waals surface area contributed by atoms with E-state index in [2.05, 4.69) is 20.1 Å². The van der Waals surface area contributed by atoms with Crippen LogP contribution in [0.15, 0.2) is 48.7 Å². The van der Waals surface area contributed by atoms with E-state index in [1.165, 1.54) is 6.07 Å². The van der Waals surface area contributed by atoms with Gasteiger partial charge in [0.2, 0.25) is 0 Å². The van der Waals surface area contributed by atoms with Crippen molar-refractivity contribution in [1.29, 1.82) is 0 Å². The Balaban J connectivity index is 1.29. The first kappa shape index (κ1) is 18.4. The summed E-state index contributed by atoms with van der Waals surface area (Å²) in [5, 5.41) is 3.00. The molecule has 0 aliphatic carbocycles. The number of benzene rings is 1. The molecule has 7 heteroatoms. The summed E-state index contributed by atoms with van der Waals surface area (Å²) >= 11 is 0. The Hall–Kier alpha value is -2.93. The minimum Gasteiger partial charge on any atom is -0.367 e. The van der Waals surface area contributed by atoms with Crippen LogP contribution in [0.1, 0.15) is 16.2 Å². The van der Waals surface area contributed by atoms with Crippen molar-refractivity contribution in [3.63, 3.8) is 0 Å². The van der Waals surface area contributed by atoms with Gasteiger partial charge in [0.05, 0.1) is 11.4 Å². The number of nitrogens with zero attached hydrogens (tertiary/aromatic N) is 4. The fourth-order valence-electron chi connectivity index (χ4n) is 3.72. The van der Waals surface area contributed by atoms with Gasteiger partial charge in [0, 0.05) is 45.5 Å². The molecule has 28 heavy (non-hydrogen) atoms. The third-order valence-electron chi connectivity index (χ3n) is 5.20. The SMILES string of the molecule is Cc1nc2ccccn2c1C(=O)NCCN1CCN(c2ccccc2F)CC1. The predicted octanol–water partition coefficient (Wildman–Crippen LogP) is 2.33. The van der Waals surface area contributed by atoms with E-state index in [-0.39, 0.29) is 11.7 Å². The molecule has 3 heterocycles. The second kappa shape index (κ2) is 7.98. The summed E-state index contributed by atoms with van der Waals surface area (Å²) in [7, 11) is 0. The van der Waals surface area contributed by atoms with E-state index < -0.39 is 0 Å². The Morgan fingerprint density at radius 3 is 2.64 bits per heavy atom. The Kier molecular flexibility index (Phi) is 5.25. The fraction of sp³-hybridized carbons (Fsp3) is 0.333. The number of fused-ring (bicyclic) bond motifs is 1. The first-order valence-corrected chi connectivity index (χ1v) is 9.57. The van der Waals surface area contributed by atoms with Gasteiger partial charge in [0.1, 0.15) is 17.2 Å². The zero-order valence-corrected chi connectivity index (χ0v) is 15.9. The molecule has 3 aromatic rings. The number of piperazine rings is 1. The van der Waals surface area contributed by atoms with E-state index in [1.54, 1.807) is 6.07 Å². The highest BCUT2D eigenvalue weighted by molar-refractivity contribution is 5.94. The largest absolute Gasteiger partial charge is 0.367 e. The molecule has 0 radical (unpaired) electrons. The fourth-order valence-corrected chi connectivity index (χ4v) is 3.72. The van der Waals surface area contributed by atoms with E-state index in [9.17, 15) is 9.18 Å². The summed E-state index contributed by atoms with van der Waals surface area (Å²) in [6, 6.07) is 12.6. The van der Waals surface area contributed by atoms with Crippen molar-refractivity contribution in [2.24, 2.45) is 0 Å². The van der Waals surface area contributed by atoms with Crippen molar-refractivity contribution < 1.29 is 9.18 Å². The molecule has 1 aliphatic rings. The number of carbonyl (C=O) groups excluding carboxylic acids is 1. The van der Waals surface area contributed by atoms with Gasteiger partial charge in [-0.2, -0.15) is 0 Å². The highest BCUT2D eigenvalue weighted by atomic mass is 19.1. The van der Waals surface area contributed by atoms with Crippen LogP contribution in [0.4, 0.5) is 10.1 Å². The number of nitrogens with one attached hydrogen (secondary N) is 1. The Morgan fingerprint density at radius 1 is 1.11 bits per heavy atom. The number of amides is 1. The first-order chi connectivity index (χ1) is 13.6. The molecule has 1 N–H and O–H groups in total. The molecule has 0 bridgehead atoms. The number of halogens is 1. The average molecular weight is 381 g/mol. The average Bonchev–Trinajstić information content (AvgIpc) is 3.05. The van der Waals surface area contributed by atoms with E-state index in [4.69, 9.17) is 0 Å². The summed E-state index contributed by atoms with van der Waals surface area (Å²) < 4.78 is 15.7. The molecule has 1 fully saturated rings. The quantitative estimate of drug-likeness (QED) is 0.737. The van der Waals surface area contributed by atoms with Gasteiger partial charge >= 0.3 is 0 Å². The lowest BCUT2D eigenvalue weighted by molar-refractivity contribution is 0.0941. The van der Waals surface area contributed by atoms with Gasteiger partial charge in [-0.05, 0) is 31.2 Å². The first-order valence-electron chi connectivity index (χ1n) is 9.57. The van der Waals surface area contributed by atoms with Crippen LogP contribution in [-0.4, -0.2) is 59.5 Å². The Labute approximate surface area is 163 Å². The van der Waals surface area contributed by atoms with Crippen molar-refractivity contribution in [1.82, 2.24) is 19.6 Å². The van der Waals surface area contributed by atoms with Crippen molar-refractivity contribution >= 4 is 17.2 Å². The second-order valence-corrected chi connectivity index (χ2v) is 7.01. The minimum atomic E-state index is -0.174. The zero-order valence-electron chi connectivity index (χ0n) is 15.9. The van der Waals surface area contributed by atoms with E-state index in [1.807, 2.05) is 47.9 Å². The number of anilines is 1. The zero-order chi connectivity index (χ0) is 19.5. The second-order valence-electron chi connectivity index (χ2n) is 7.01. The lowest BCUT2D eigenvalue weighted by Gasteiger charge is -2.36. The van der Waals surface area contributed by atoms with Crippen molar-refractivity contribution in [2.75, 3.05) is 44.2 Å². The predicted molar refractivity (Wildman–Crippen MR) is 107 cm³/mol. The van der Waals surface area contributed by atoms with Gasteiger partial charge in [-0.25, -0.2) is 9.37 Å². The minimum absolute atomic E-state index is 0.110. The van der Waals surface area contributed by atoms with Crippen LogP contribution in [0, 0.1) is 12.7 Å². The van der Waals surface area contributed by atoms with Crippen molar-refractivity contribution in [3.05, 3.63) is 65.9 Å². The Morgan fingerprint density at radius 2 is 1.86 bits per heavy atom. The van der Waals surface area contributed by atoms with E-state index >= 15 is 0 Å². The number of carbonyl (C=O) groups is 1. The normalized spacial score (nSPS) is 15.1. The standard InChI is InChI=1S/C21H24FN5O/c1-16-20(27-10-5-4-8-19(27)24-16)21(28)23-9-11-25-12-14-26(15-13-25)18-7-3-2-6-17(18)22/h2-8,10H,9,11-15H2,1H3,(H,23,28). The summed E-state index contributed by atoms with van der Waals surface area (Å²) in [4.78, 5) is 21.4. The van der Waals surface area contributed by atoms with Gasteiger partial charge < -0.3 is 10.2 Å². The van der Waals surface area contributed by atoms with Gasteiger partial charge in [0.25, 0.3) is 5.91 Å². The molecule has 2 aromatic heterocycles. The maximum atomic E-state index is 13.9. The molecule has 1 aliphatic heterocycles. The topological polar surface area (TPSA) is 52.9 Å². The number of pyridine rings is 1. The van der Waals surface area contributed by atoms with Gasteiger partial charge in [-0.3, -0.25) is 14.1 Å². The smallest absolute Gasteiger partial charge is 0.270 e. The van der Waals surface area contributed by atoms with E-state index in [0.717, 1.165) is 44.1 Å². The lowest BCUT2D eigenvalue weighted by atomic mass is 10.2. The van der Waals surface area contributed by atoms with Crippen LogP contribution in [-0.2, 0) is 0 Å². The maximum Gasteiger partial charge on any atom is 0.270 e. The monoisotopic (exact) mass is 381 g/mol. The summed E-state index contributed by atoms with van der Waals surface area (Å²) in [5.41, 5.74) is 2.75. The molecule has 146 valence electrons. The molecule has 0 atom stereocenters. The third-order valence-corrected chi connectivity index (χ3v) is 5.20. The number of imidazole rings is 1. The Bertz CT molecular complexity index is 978. The number of aromatic nitrogens is 2.